The molecule has 28 heavy (non-hydrogen) atoms. The minimum absolute atomic E-state index is 0.0456. The molecule has 0 radical (unpaired) electrons. The highest BCUT2D eigenvalue weighted by molar-refractivity contribution is 5.93. The Labute approximate surface area is 162 Å². The number of nitrogens with one attached hydrogen (secondary N) is 1. The second-order valence-corrected chi connectivity index (χ2v) is 6.52. The van der Waals surface area contributed by atoms with Crippen LogP contribution in [-0.2, 0) is 9.53 Å². The first-order chi connectivity index (χ1) is 13.7. The van der Waals surface area contributed by atoms with E-state index in [4.69, 9.17) is 4.74 Å². The van der Waals surface area contributed by atoms with E-state index in [0.717, 1.165) is 32.0 Å². The molecule has 0 aromatic carbocycles. The molecule has 0 unspecified atom stereocenters. The van der Waals surface area contributed by atoms with Gasteiger partial charge in [-0.25, -0.2) is 19.7 Å². The second kappa shape index (κ2) is 8.07. The molecule has 2 aromatic rings. The summed E-state index contributed by atoms with van der Waals surface area (Å²) in [6.45, 7) is 3.95. The van der Waals surface area contributed by atoms with Crippen LogP contribution in [0, 0.1) is 0 Å². The molecule has 0 aliphatic carbocycles. The molecule has 10 heteroatoms. The number of nitrogens with zero attached hydrogens (tertiary/aromatic N) is 6. The van der Waals surface area contributed by atoms with Crippen LogP contribution in [0.1, 0.15) is 0 Å². The Bertz CT molecular complexity index is 823. The van der Waals surface area contributed by atoms with E-state index < -0.39 is 6.09 Å². The molecule has 146 valence electrons. The number of piperazine rings is 1. The number of rotatable bonds is 5. The van der Waals surface area contributed by atoms with Crippen molar-refractivity contribution in [2.75, 3.05) is 61.0 Å². The smallest absolute Gasteiger partial charge is 0.410 e. The molecule has 2 amide bonds. The topological polar surface area (TPSA) is 104 Å². The first-order valence-corrected chi connectivity index (χ1v) is 9.13. The molecule has 0 saturated carbocycles. The standard InChI is InChI=1S/C18H21N7O3/c26-16(13-25-9-10-28-18(25)27)22-14-11-20-17(21-12-14)24-7-5-23(6-8-24)15-3-1-2-4-19-15/h1-4,11-12H,5-10,13H2,(H,22,26). The number of amides is 2. The van der Waals surface area contributed by atoms with Gasteiger partial charge in [0.05, 0.1) is 24.6 Å². The van der Waals surface area contributed by atoms with Crippen LogP contribution in [0.15, 0.2) is 36.8 Å². The van der Waals surface area contributed by atoms with Crippen molar-refractivity contribution in [3.05, 3.63) is 36.8 Å². The summed E-state index contributed by atoms with van der Waals surface area (Å²) >= 11 is 0. The van der Waals surface area contributed by atoms with E-state index in [1.807, 2.05) is 18.2 Å². The number of carbonyl (C=O) groups excluding carboxylic acids is 2. The lowest BCUT2D eigenvalue weighted by atomic mass is 10.3. The fraction of sp³-hybridized carbons (Fsp3) is 0.389. The number of hydrogen-bond donors (Lipinski definition) is 1. The van der Waals surface area contributed by atoms with Gasteiger partial charge in [-0.1, -0.05) is 6.07 Å². The fourth-order valence-electron chi connectivity index (χ4n) is 3.17. The fourth-order valence-corrected chi connectivity index (χ4v) is 3.17. The third-order valence-electron chi connectivity index (χ3n) is 4.64. The van der Waals surface area contributed by atoms with E-state index in [1.165, 1.54) is 4.90 Å². The SMILES string of the molecule is O=C(CN1CCOC1=O)Nc1cnc(N2CCN(c3ccccn3)CC2)nc1. The summed E-state index contributed by atoms with van der Waals surface area (Å²) < 4.78 is 4.80. The zero-order valence-corrected chi connectivity index (χ0v) is 15.3. The molecule has 2 aromatic heterocycles. The number of anilines is 3. The molecule has 0 spiro atoms. The lowest BCUT2D eigenvalue weighted by molar-refractivity contribution is -0.116. The van der Waals surface area contributed by atoms with Gasteiger partial charge in [-0.15, -0.1) is 0 Å². The normalized spacial score (nSPS) is 16.9. The maximum atomic E-state index is 12.0. The van der Waals surface area contributed by atoms with Gasteiger partial charge in [0.25, 0.3) is 0 Å². The molecule has 4 rings (SSSR count). The van der Waals surface area contributed by atoms with E-state index >= 15 is 0 Å². The summed E-state index contributed by atoms with van der Waals surface area (Å²) in [6.07, 6.45) is 4.48. The van der Waals surface area contributed by atoms with E-state index in [1.54, 1.807) is 18.6 Å². The Morgan fingerprint density at radius 2 is 1.79 bits per heavy atom. The monoisotopic (exact) mass is 383 g/mol. The van der Waals surface area contributed by atoms with Gasteiger partial charge < -0.3 is 19.9 Å². The molecule has 4 heterocycles. The van der Waals surface area contributed by atoms with Crippen molar-refractivity contribution in [2.45, 2.75) is 0 Å². The van der Waals surface area contributed by atoms with E-state index in [2.05, 4.69) is 30.1 Å². The average molecular weight is 383 g/mol. The van der Waals surface area contributed by atoms with Gasteiger partial charge in [0, 0.05) is 32.4 Å². The van der Waals surface area contributed by atoms with Crippen molar-refractivity contribution < 1.29 is 14.3 Å². The molecular formula is C18H21N7O3. The van der Waals surface area contributed by atoms with Crippen molar-refractivity contribution in [2.24, 2.45) is 0 Å². The van der Waals surface area contributed by atoms with Crippen molar-refractivity contribution in [3.63, 3.8) is 0 Å². The number of carbonyl (C=O) groups is 2. The number of aromatic nitrogens is 3. The van der Waals surface area contributed by atoms with Crippen LogP contribution in [0.25, 0.3) is 0 Å². The Hall–Kier alpha value is -3.43. The van der Waals surface area contributed by atoms with Gasteiger partial charge in [0.1, 0.15) is 19.0 Å². The average Bonchev–Trinajstić information content (AvgIpc) is 3.14. The molecule has 0 bridgehead atoms. The summed E-state index contributed by atoms with van der Waals surface area (Å²) in [5.74, 6) is 1.30. The molecule has 10 nitrogen and oxygen atoms in total. The van der Waals surface area contributed by atoms with E-state index in [0.29, 0.717) is 24.8 Å². The zero-order chi connectivity index (χ0) is 19.3. The third kappa shape index (κ3) is 4.11. The Balaban J connectivity index is 1.29. The van der Waals surface area contributed by atoms with Crippen LogP contribution in [0.4, 0.5) is 22.2 Å². The summed E-state index contributed by atoms with van der Waals surface area (Å²) in [7, 11) is 0. The highest BCUT2D eigenvalue weighted by Gasteiger charge is 2.24. The molecule has 2 saturated heterocycles. The van der Waals surface area contributed by atoms with Crippen LogP contribution in [0.2, 0.25) is 0 Å². The molecule has 1 N–H and O–H groups in total. The molecule has 2 fully saturated rings. The van der Waals surface area contributed by atoms with Gasteiger partial charge in [0.2, 0.25) is 11.9 Å². The maximum absolute atomic E-state index is 12.0. The maximum Gasteiger partial charge on any atom is 0.410 e. The van der Waals surface area contributed by atoms with Gasteiger partial charge in [0.15, 0.2) is 0 Å². The molecule has 0 atom stereocenters. The van der Waals surface area contributed by atoms with Crippen molar-refractivity contribution in [1.29, 1.82) is 0 Å². The zero-order valence-electron chi connectivity index (χ0n) is 15.3. The molecule has 2 aliphatic rings. The van der Waals surface area contributed by atoms with Crippen molar-refractivity contribution in [1.82, 2.24) is 19.9 Å². The highest BCUT2D eigenvalue weighted by atomic mass is 16.6. The number of ether oxygens (including phenoxy) is 1. The number of cyclic esters (lactones) is 1. The third-order valence-corrected chi connectivity index (χ3v) is 4.64. The second-order valence-electron chi connectivity index (χ2n) is 6.52. The Kier molecular flexibility index (Phi) is 5.18. The van der Waals surface area contributed by atoms with Crippen molar-refractivity contribution >= 4 is 29.5 Å². The first kappa shape index (κ1) is 18.0. The summed E-state index contributed by atoms with van der Waals surface area (Å²) in [6, 6.07) is 5.90. The van der Waals surface area contributed by atoms with Crippen molar-refractivity contribution in [3.8, 4) is 0 Å². The van der Waals surface area contributed by atoms with E-state index in [-0.39, 0.29) is 12.5 Å². The highest BCUT2D eigenvalue weighted by Crippen LogP contribution is 2.16. The summed E-state index contributed by atoms with van der Waals surface area (Å²) in [4.78, 5) is 42.2. The van der Waals surface area contributed by atoms with Crippen LogP contribution in [-0.4, -0.2) is 77.7 Å². The van der Waals surface area contributed by atoms with Crippen LogP contribution in [0.5, 0.6) is 0 Å². The van der Waals surface area contributed by atoms with Gasteiger partial charge in [-0.3, -0.25) is 9.69 Å². The minimum atomic E-state index is -0.466. The summed E-state index contributed by atoms with van der Waals surface area (Å²) in [5, 5.41) is 2.70. The largest absolute Gasteiger partial charge is 0.448 e. The van der Waals surface area contributed by atoms with Gasteiger partial charge >= 0.3 is 6.09 Å². The lowest BCUT2D eigenvalue weighted by Gasteiger charge is -2.35. The molecule has 2 aliphatic heterocycles. The predicted molar refractivity (Wildman–Crippen MR) is 102 cm³/mol. The van der Waals surface area contributed by atoms with Gasteiger partial charge in [-0.2, -0.15) is 0 Å². The Morgan fingerprint density at radius 3 is 2.43 bits per heavy atom. The predicted octanol–water partition coefficient (Wildman–Crippen LogP) is 0.589. The Morgan fingerprint density at radius 1 is 1.04 bits per heavy atom. The van der Waals surface area contributed by atoms with Crippen LogP contribution in [0.3, 0.4) is 0 Å². The first-order valence-electron chi connectivity index (χ1n) is 9.13. The number of pyridine rings is 1. The van der Waals surface area contributed by atoms with Crippen LogP contribution < -0.4 is 15.1 Å². The van der Waals surface area contributed by atoms with E-state index in [9.17, 15) is 9.59 Å². The number of hydrogen-bond acceptors (Lipinski definition) is 8. The summed E-state index contributed by atoms with van der Waals surface area (Å²) in [5.41, 5.74) is 0.494. The minimum Gasteiger partial charge on any atom is -0.448 e. The van der Waals surface area contributed by atoms with Crippen LogP contribution >= 0.6 is 0 Å². The lowest BCUT2D eigenvalue weighted by Crippen LogP contribution is -2.47. The van der Waals surface area contributed by atoms with Gasteiger partial charge in [-0.05, 0) is 12.1 Å². The quantitative estimate of drug-likeness (QED) is 0.800. The molecular weight excluding hydrogens is 362 g/mol.